The van der Waals surface area contributed by atoms with Crippen LogP contribution in [0.4, 0.5) is 14.9 Å². The lowest BCUT2D eigenvalue weighted by Crippen LogP contribution is -2.64. The maximum absolute atomic E-state index is 14.5. The van der Waals surface area contributed by atoms with Gasteiger partial charge in [-0.3, -0.25) is 4.79 Å². The van der Waals surface area contributed by atoms with Crippen LogP contribution in [0, 0.1) is 17.7 Å². The summed E-state index contributed by atoms with van der Waals surface area (Å²) in [4.78, 5) is 30.3. The summed E-state index contributed by atoms with van der Waals surface area (Å²) >= 11 is 0. The number of rotatable bonds is 11. The Labute approximate surface area is 227 Å². The third-order valence-corrected chi connectivity index (χ3v) is 9.04. The maximum Gasteiger partial charge on any atom is 0.317 e. The van der Waals surface area contributed by atoms with Gasteiger partial charge in [-0.2, -0.15) is 0 Å². The highest BCUT2D eigenvalue weighted by Crippen LogP contribution is 2.57. The molecule has 4 rings (SSSR count). The van der Waals surface area contributed by atoms with Crippen molar-refractivity contribution < 1.29 is 18.7 Å². The van der Waals surface area contributed by atoms with E-state index in [2.05, 4.69) is 10.6 Å². The summed E-state index contributed by atoms with van der Waals surface area (Å²) in [5, 5.41) is 6.59. The number of amides is 3. The fourth-order valence-corrected chi connectivity index (χ4v) is 7.36. The minimum absolute atomic E-state index is 0.0199. The van der Waals surface area contributed by atoms with Gasteiger partial charge in [0.1, 0.15) is 5.82 Å². The number of unbranched alkanes of at least 4 members (excludes halogenated alkanes) is 1. The Kier molecular flexibility index (Phi) is 10.0. The van der Waals surface area contributed by atoms with Gasteiger partial charge in [-0.05, 0) is 69.7 Å². The van der Waals surface area contributed by atoms with Crippen LogP contribution < -0.4 is 15.5 Å². The summed E-state index contributed by atoms with van der Waals surface area (Å²) < 4.78 is 19.7. The smallest absolute Gasteiger partial charge is 0.317 e. The van der Waals surface area contributed by atoms with E-state index in [1.54, 1.807) is 26.2 Å². The summed E-state index contributed by atoms with van der Waals surface area (Å²) in [5.41, 5.74) is 1.11. The molecule has 1 saturated heterocycles. The van der Waals surface area contributed by atoms with Gasteiger partial charge in [-0.25, -0.2) is 9.18 Å². The van der Waals surface area contributed by atoms with Crippen molar-refractivity contribution in [3.05, 3.63) is 29.6 Å². The number of likely N-dealkylation sites (N-methyl/N-ethyl adjacent to an activating group) is 1. The van der Waals surface area contributed by atoms with E-state index in [1.165, 1.54) is 38.2 Å². The number of benzene rings is 1. The van der Waals surface area contributed by atoms with Crippen molar-refractivity contribution in [3.63, 3.8) is 0 Å². The molecule has 3 atom stereocenters. The number of ether oxygens (including phenoxy) is 1. The normalized spacial score (nSPS) is 24.5. The predicted molar refractivity (Wildman–Crippen MR) is 149 cm³/mol. The number of likely N-dealkylation sites (tertiary alicyclic amines) is 1. The second-order valence-corrected chi connectivity index (χ2v) is 11.6. The summed E-state index contributed by atoms with van der Waals surface area (Å²) in [5.74, 6) is 0.413. The van der Waals surface area contributed by atoms with E-state index in [0.29, 0.717) is 25.6 Å². The van der Waals surface area contributed by atoms with E-state index < -0.39 is 5.54 Å². The Hall–Kier alpha value is -2.19. The van der Waals surface area contributed by atoms with Crippen molar-refractivity contribution in [1.82, 2.24) is 15.5 Å². The highest BCUT2D eigenvalue weighted by Gasteiger charge is 2.56. The number of nitrogens with zero attached hydrogens (tertiary/aromatic N) is 2. The molecular weight excluding hydrogens is 483 g/mol. The van der Waals surface area contributed by atoms with Crippen molar-refractivity contribution in [2.24, 2.45) is 11.8 Å². The molecule has 212 valence electrons. The van der Waals surface area contributed by atoms with Crippen molar-refractivity contribution >= 4 is 17.6 Å². The number of methoxy groups -OCH3 is 1. The number of carbonyl (C=O) groups is 2. The third kappa shape index (κ3) is 6.17. The lowest BCUT2D eigenvalue weighted by molar-refractivity contribution is -0.119. The third-order valence-electron chi connectivity index (χ3n) is 9.04. The minimum Gasteiger partial charge on any atom is -0.385 e. The largest absolute Gasteiger partial charge is 0.385 e. The number of nitrogens with one attached hydrogen (secondary N) is 2. The molecule has 2 heterocycles. The molecule has 2 aliphatic heterocycles. The molecule has 1 aromatic rings. The van der Waals surface area contributed by atoms with Crippen LogP contribution in [0.5, 0.6) is 0 Å². The fourth-order valence-electron chi connectivity index (χ4n) is 7.36. The summed E-state index contributed by atoms with van der Waals surface area (Å²) in [6, 6.07) is 4.84. The van der Waals surface area contributed by atoms with Gasteiger partial charge in [0.25, 0.3) is 0 Å². The monoisotopic (exact) mass is 530 g/mol. The van der Waals surface area contributed by atoms with Gasteiger partial charge in [0.05, 0.1) is 11.2 Å². The van der Waals surface area contributed by atoms with Crippen molar-refractivity contribution in [1.29, 1.82) is 0 Å². The zero-order chi connectivity index (χ0) is 27.1. The van der Waals surface area contributed by atoms with Crippen molar-refractivity contribution in [2.45, 2.75) is 89.1 Å². The molecule has 1 aliphatic carbocycles. The highest BCUT2D eigenvalue weighted by atomic mass is 19.1. The average molecular weight is 531 g/mol. The average Bonchev–Trinajstić information content (AvgIpc) is 2.90. The molecule has 0 unspecified atom stereocenters. The summed E-state index contributed by atoms with van der Waals surface area (Å²) in [6.45, 7) is 4.27. The van der Waals surface area contributed by atoms with Crippen molar-refractivity contribution in [3.8, 4) is 0 Å². The van der Waals surface area contributed by atoms with Gasteiger partial charge in [0.2, 0.25) is 5.91 Å². The Morgan fingerprint density at radius 3 is 2.66 bits per heavy atom. The Morgan fingerprint density at radius 2 is 1.95 bits per heavy atom. The summed E-state index contributed by atoms with van der Waals surface area (Å²) in [6.07, 6.45) is 11.7. The highest BCUT2D eigenvalue weighted by molar-refractivity contribution is 5.99. The Morgan fingerprint density at radius 1 is 1.16 bits per heavy atom. The van der Waals surface area contributed by atoms with E-state index in [-0.39, 0.29) is 29.7 Å². The van der Waals surface area contributed by atoms with Gasteiger partial charge in [-0.1, -0.05) is 32.1 Å². The lowest BCUT2D eigenvalue weighted by Gasteiger charge is -2.59. The lowest BCUT2D eigenvalue weighted by atomic mass is 9.64. The molecular formula is C30H47FN4O3. The van der Waals surface area contributed by atoms with Gasteiger partial charge >= 0.3 is 6.03 Å². The Balaban J connectivity index is 1.52. The van der Waals surface area contributed by atoms with Crippen LogP contribution >= 0.6 is 0 Å². The number of hydrogen-bond acceptors (Lipinski definition) is 4. The SMILES string of the molecule is CNC[C@H](CC1CCCCC1)NC(=O)N1CCC[C@@H]([C@@]2(CCCCOC)c3cc(F)ccc3N2C(C)=O)C1. The number of urea groups is 1. The molecule has 1 aromatic carbocycles. The second-order valence-electron chi connectivity index (χ2n) is 11.6. The zero-order valence-electron chi connectivity index (χ0n) is 23.6. The molecule has 0 radical (unpaired) electrons. The van der Waals surface area contributed by atoms with E-state index in [0.717, 1.165) is 56.3 Å². The topological polar surface area (TPSA) is 73.9 Å². The fraction of sp³-hybridized carbons (Fsp3) is 0.733. The van der Waals surface area contributed by atoms with E-state index in [9.17, 15) is 14.0 Å². The van der Waals surface area contributed by atoms with Gasteiger partial charge in [0, 0.05) is 57.8 Å². The molecule has 0 bridgehead atoms. The van der Waals surface area contributed by atoms with Crippen LogP contribution in [-0.2, 0) is 15.1 Å². The van der Waals surface area contributed by atoms with Crippen molar-refractivity contribution in [2.75, 3.05) is 45.3 Å². The molecule has 2 N–H and O–H groups in total. The molecule has 3 aliphatic rings. The predicted octanol–water partition coefficient (Wildman–Crippen LogP) is 5.18. The number of anilines is 1. The van der Waals surface area contributed by atoms with E-state index in [4.69, 9.17) is 4.74 Å². The first-order valence-electron chi connectivity index (χ1n) is 14.7. The maximum atomic E-state index is 14.5. The number of piperidine rings is 1. The standard InChI is InChI=1S/C30H47FN4O3/c1-22(36)35-28-14-13-25(31)19-27(28)30(35,15-7-8-17-38-3)24-12-9-16-34(21-24)29(37)33-26(20-32-2)18-23-10-5-4-6-11-23/h13-14,19,23-24,26,32H,4-12,15-18,20-21H2,1-3H3,(H,33,37)/t24-,26+,30+/m1/s1. The quantitative estimate of drug-likeness (QED) is 0.387. The van der Waals surface area contributed by atoms with Crippen LogP contribution in [-0.4, -0.2) is 63.3 Å². The van der Waals surface area contributed by atoms with Gasteiger partial charge in [-0.15, -0.1) is 0 Å². The van der Waals surface area contributed by atoms with E-state index in [1.807, 2.05) is 16.8 Å². The van der Waals surface area contributed by atoms with Gasteiger partial charge < -0.3 is 25.2 Å². The van der Waals surface area contributed by atoms with Gasteiger partial charge in [0.15, 0.2) is 0 Å². The van der Waals surface area contributed by atoms with Crippen LogP contribution in [0.2, 0.25) is 0 Å². The molecule has 8 heteroatoms. The molecule has 38 heavy (non-hydrogen) atoms. The number of fused-ring (bicyclic) bond motifs is 1. The molecule has 7 nitrogen and oxygen atoms in total. The zero-order valence-corrected chi connectivity index (χ0v) is 23.6. The molecule has 0 aromatic heterocycles. The molecule has 1 saturated carbocycles. The second kappa shape index (κ2) is 13.2. The molecule has 2 fully saturated rings. The first-order chi connectivity index (χ1) is 18.4. The Bertz CT molecular complexity index is 953. The van der Waals surface area contributed by atoms with Crippen LogP contribution in [0.3, 0.4) is 0 Å². The number of carbonyl (C=O) groups excluding carboxylic acids is 2. The van der Waals surface area contributed by atoms with E-state index >= 15 is 0 Å². The summed E-state index contributed by atoms with van der Waals surface area (Å²) in [7, 11) is 3.63. The molecule has 0 spiro atoms. The van der Waals surface area contributed by atoms with Crippen LogP contribution in [0.25, 0.3) is 0 Å². The first-order valence-corrected chi connectivity index (χ1v) is 14.7. The minimum atomic E-state index is -0.595. The molecule has 3 amide bonds. The number of halogens is 1. The van der Waals surface area contributed by atoms with Crippen LogP contribution in [0.15, 0.2) is 18.2 Å². The first kappa shape index (κ1) is 28.8. The van der Waals surface area contributed by atoms with Crippen LogP contribution in [0.1, 0.15) is 83.1 Å². The number of hydrogen-bond donors (Lipinski definition) is 2.